The summed E-state index contributed by atoms with van der Waals surface area (Å²) in [6.07, 6.45) is 3.48. The van der Waals surface area contributed by atoms with Crippen molar-refractivity contribution in [3.05, 3.63) is 82.1 Å². The zero-order chi connectivity index (χ0) is 25.6. The molecule has 4 aromatic rings. The molecule has 190 valence electrons. The molecule has 0 aliphatic carbocycles. The molecule has 1 aliphatic heterocycles. The number of ether oxygens (including phenoxy) is 1. The summed E-state index contributed by atoms with van der Waals surface area (Å²) in [4.78, 5) is 38.4. The number of aryl methyl sites for hydroxylation is 1. The van der Waals surface area contributed by atoms with Gasteiger partial charge in [0.25, 0.3) is 5.91 Å². The van der Waals surface area contributed by atoms with Crippen LogP contribution in [0.1, 0.15) is 49.8 Å². The molecular weight excluding hydrogens is 486 g/mol. The molecule has 0 bridgehead atoms. The molecule has 1 saturated heterocycles. The smallest absolute Gasteiger partial charge is 0.258 e. The number of morpholine rings is 1. The van der Waals surface area contributed by atoms with Crippen molar-refractivity contribution < 1.29 is 14.3 Å². The van der Waals surface area contributed by atoms with Gasteiger partial charge >= 0.3 is 0 Å². The predicted molar refractivity (Wildman–Crippen MR) is 144 cm³/mol. The van der Waals surface area contributed by atoms with Crippen molar-refractivity contribution in [2.24, 2.45) is 0 Å². The van der Waals surface area contributed by atoms with Crippen molar-refractivity contribution in [1.29, 1.82) is 0 Å². The van der Waals surface area contributed by atoms with E-state index in [0.29, 0.717) is 35.3 Å². The van der Waals surface area contributed by atoms with Crippen LogP contribution in [0.15, 0.2) is 54.7 Å². The van der Waals surface area contributed by atoms with Gasteiger partial charge in [-0.1, -0.05) is 24.3 Å². The van der Waals surface area contributed by atoms with Crippen LogP contribution >= 0.6 is 11.5 Å². The van der Waals surface area contributed by atoms with Crippen molar-refractivity contribution >= 4 is 39.9 Å². The molecule has 1 N–H and O–H groups in total. The average Bonchev–Trinajstić information content (AvgIpc) is 3.29. The third-order valence-corrected chi connectivity index (χ3v) is 7.36. The summed E-state index contributed by atoms with van der Waals surface area (Å²) in [5.74, 6) is -0.166. The topological polar surface area (TPSA) is 97.3 Å². The third-order valence-electron chi connectivity index (χ3n) is 6.42. The zero-order valence-electron chi connectivity index (χ0n) is 20.8. The standard InChI is InChI=1S/C28H29N5O3S/c1-19-27(26(37-32-19)17-22-18-29-23-8-2-3-9-24(23)30-22)28(35)31-21-7-4-6-20(16-21)25(34)10-5-11-33-12-14-36-15-13-33/h2-4,6-9,16,18H,5,10-15,17H2,1H3,(H,31,35). The van der Waals surface area contributed by atoms with E-state index >= 15 is 0 Å². The summed E-state index contributed by atoms with van der Waals surface area (Å²) in [6, 6.07) is 14.9. The molecular formula is C28H29N5O3S. The second-order valence-electron chi connectivity index (χ2n) is 9.11. The highest BCUT2D eigenvalue weighted by atomic mass is 32.1. The van der Waals surface area contributed by atoms with E-state index in [4.69, 9.17) is 4.74 Å². The summed E-state index contributed by atoms with van der Waals surface area (Å²) in [5, 5.41) is 2.96. The van der Waals surface area contributed by atoms with Gasteiger partial charge in [0.1, 0.15) is 0 Å². The van der Waals surface area contributed by atoms with Crippen molar-refractivity contribution in [1.82, 2.24) is 19.2 Å². The molecule has 37 heavy (non-hydrogen) atoms. The molecule has 0 radical (unpaired) electrons. The Balaban J connectivity index is 1.24. The van der Waals surface area contributed by atoms with Gasteiger partial charge in [-0.2, -0.15) is 4.37 Å². The van der Waals surface area contributed by atoms with Crippen LogP contribution in [0.25, 0.3) is 11.0 Å². The van der Waals surface area contributed by atoms with E-state index < -0.39 is 0 Å². The molecule has 8 nitrogen and oxygen atoms in total. The van der Waals surface area contributed by atoms with Crippen molar-refractivity contribution in [2.75, 3.05) is 38.2 Å². The Kier molecular flexibility index (Phi) is 7.93. The Hall–Kier alpha value is -3.53. The van der Waals surface area contributed by atoms with Gasteiger partial charge in [0.15, 0.2) is 5.78 Å². The first-order valence-electron chi connectivity index (χ1n) is 12.5. The maximum atomic E-state index is 13.3. The summed E-state index contributed by atoms with van der Waals surface area (Å²) in [6.45, 7) is 6.07. The fourth-order valence-electron chi connectivity index (χ4n) is 4.47. The van der Waals surface area contributed by atoms with Crippen molar-refractivity contribution in [3.63, 3.8) is 0 Å². The second-order valence-corrected chi connectivity index (χ2v) is 9.97. The Bertz CT molecular complexity index is 1410. The van der Waals surface area contributed by atoms with Crippen LogP contribution in [0.2, 0.25) is 0 Å². The van der Waals surface area contributed by atoms with E-state index in [-0.39, 0.29) is 11.7 Å². The number of benzene rings is 2. The molecule has 0 atom stereocenters. The number of hydrogen-bond acceptors (Lipinski definition) is 8. The number of amides is 1. The molecule has 3 heterocycles. The van der Waals surface area contributed by atoms with Gasteiger partial charge < -0.3 is 10.1 Å². The maximum absolute atomic E-state index is 13.3. The number of para-hydroxylation sites is 2. The molecule has 2 aromatic heterocycles. The lowest BCUT2D eigenvalue weighted by atomic mass is 10.1. The zero-order valence-corrected chi connectivity index (χ0v) is 21.6. The predicted octanol–water partition coefficient (Wildman–Crippen LogP) is 4.53. The lowest BCUT2D eigenvalue weighted by Gasteiger charge is -2.26. The minimum absolute atomic E-state index is 0.0771. The summed E-state index contributed by atoms with van der Waals surface area (Å²) in [5.41, 5.74) is 4.83. The van der Waals surface area contributed by atoms with E-state index in [9.17, 15) is 9.59 Å². The van der Waals surface area contributed by atoms with Crippen LogP contribution in [0.4, 0.5) is 5.69 Å². The molecule has 2 aromatic carbocycles. The highest BCUT2D eigenvalue weighted by molar-refractivity contribution is 7.06. The van der Waals surface area contributed by atoms with Gasteiger partial charge in [0.05, 0.1) is 41.2 Å². The molecule has 5 rings (SSSR count). The average molecular weight is 516 g/mol. The SMILES string of the molecule is Cc1nsc(Cc2cnc3ccccc3n2)c1C(=O)Nc1cccc(C(=O)CCCN2CCOCC2)c1. The fourth-order valence-corrected chi connectivity index (χ4v) is 5.35. The number of aromatic nitrogens is 3. The van der Waals surface area contributed by atoms with Crippen LogP contribution in [0, 0.1) is 6.92 Å². The summed E-state index contributed by atoms with van der Waals surface area (Å²) in [7, 11) is 0. The highest BCUT2D eigenvalue weighted by Gasteiger charge is 2.20. The lowest BCUT2D eigenvalue weighted by Crippen LogP contribution is -2.36. The highest BCUT2D eigenvalue weighted by Crippen LogP contribution is 2.24. The number of fused-ring (bicyclic) bond motifs is 1. The van der Waals surface area contributed by atoms with Gasteiger partial charge in [0.2, 0.25) is 0 Å². The summed E-state index contributed by atoms with van der Waals surface area (Å²) >= 11 is 1.30. The summed E-state index contributed by atoms with van der Waals surface area (Å²) < 4.78 is 9.80. The van der Waals surface area contributed by atoms with Gasteiger partial charge in [-0.25, -0.2) is 4.98 Å². The van der Waals surface area contributed by atoms with Crippen LogP contribution in [0.3, 0.4) is 0 Å². The number of rotatable bonds is 9. The van der Waals surface area contributed by atoms with Crippen LogP contribution in [-0.2, 0) is 11.2 Å². The minimum atomic E-state index is -0.244. The molecule has 9 heteroatoms. The number of Topliss-reactive ketones (excluding diaryl/α,β-unsaturated/α-hetero) is 1. The van der Waals surface area contributed by atoms with Crippen LogP contribution in [0.5, 0.6) is 0 Å². The minimum Gasteiger partial charge on any atom is -0.379 e. The first-order valence-corrected chi connectivity index (χ1v) is 13.2. The first-order chi connectivity index (χ1) is 18.1. The number of ketones is 1. The third kappa shape index (κ3) is 6.25. The Morgan fingerprint density at radius 3 is 2.73 bits per heavy atom. The van der Waals surface area contributed by atoms with Gasteiger partial charge in [-0.15, -0.1) is 0 Å². The van der Waals surface area contributed by atoms with Gasteiger partial charge in [-0.3, -0.25) is 19.5 Å². The van der Waals surface area contributed by atoms with Gasteiger partial charge in [-0.05, 0) is 55.7 Å². The Morgan fingerprint density at radius 2 is 1.89 bits per heavy atom. The lowest BCUT2D eigenvalue weighted by molar-refractivity contribution is 0.0371. The van der Waals surface area contributed by atoms with Crippen molar-refractivity contribution in [3.8, 4) is 0 Å². The Labute approximate surface area is 219 Å². The first kappa shape index (κ1) is 25.1. The van der Waals surface area contributed by atoms with E-state index in [1.807, 2.05) is 31.2 Å². The molecule has 1 fully saturated rings. The van der Waals surface area contributed by atoms with E-state index in [1.165, 1.54) is 11.5 Å². The number of carbonyl (C=O) groups is 2. The number of nitrogens with one attached hydrogen (secondary N) is 1. The number of hydrogen-bond donors (Lipinski definition) is 1. The monoisotopic (exact) mass is 515 g/mol. The molecule has 0 saturated carbocycles. The number of anilines is 1. The van der Waals surface area contributed by atoms with E-state index in [2.05, 4.69) is 24.6 Å². The van der Waals surface area contributed by atoms with E-state index in [0.717, 1.165) is 60.9 Å². The number of nitrogens with zero attached hydrogens (tertiary/aromatic N) is 4. The van der Waals surface area contributed by atoms with Crippen LogP contribution < -0.4 is 5.32 Å². The van der Waals surface area contributed by atoms with Gasteiger partial charge in [0, 0.05) is 48.3 Å². The normalized spacial score (nSPS) is 14.1. The maximum Gasteiger partial charge on any atom is 0.258 e. The van der Waals surface area contributed by atoms with Crippen molar-refractivity contribution in [2.45, 2.75) is 26.2 Å². The largest absolute Gasteiger partial charge is 0.379 e. The molecule has 0 unspecified atom stereocenters. The van der Waals surface area contributed by atoms with E-state index in [1.54, 1.807) is 30.5 Å². The molecule has 1 aliphatic rings. The van der Waals surface area contributed by atoms with Crippen LogP contribution in [-0.4, -0.2) is 63.8 Å². The quantitative estimate of drug-likeness (QED) is 0.327. The molecule has 1 amide bonds. The Morgan fingerprint density at radius 1 is 1.08 bits per heavy atom. The molecule has 0 spiro atoms. The fraction of sp³-hybridized carbons (Fsp3) is 0.321. The number of carbonyl (C=O) groups excluding carboxylic acids is 2. The second kappa shape index (κ2) is 11.7.